The lowest BCUT2D eigenvalue weighted by Gasteiger charge is -2.14. The van der Waals surface area contributed by atoms with E-state index in [1.54, 1.807) is 18.6 Å². The second-order valence-corrected chi connectivity index (χ2v) is 4.39. The molecule has 2 aromatic heterocycles. The van der Waals surface area contributed by atoms with Crippen LogP contribution >= 0.6 is 11.6 Å². The van der Waals surface area contributed by atoms with Crippen molar-refractivity contribution in [3.8, 4) is 0 Å². The lowest BCUT2D eigenvalue weighted by Crippen LogP contribution is -2.16. The van der Waals surface area contributed by atoms with E-state index in [1.807, 2.05) is 25.1 Å². The van der Waals surface area contributed by atoms with E-state index < -0.39 is 0 Å². The van der Waals surface area contributed by atoms with Crippen molar-refractivity contribution in [2.45, 2.75) is 19.4 Å². The van der Waals surface area contributed by atoms with Gasteiger partial charge in [-0.1, -0.05) is 17.7 Å². The van der Waals surface area contributed by atoms with Crippen molar-refractivity contribution < 1.29 is 0 Å². The summed E-state index contributed by atoms with van der Waals surface area (Å²) in [5.74, 6) is 0. The van der Waals surface area contributed by atoms with Gasteiger partial charge in [0.15, 0.2) is 0 Å². The zero-order valence-electron chi connectivity index (χ0n) is 9.60. The van der Waals surface area contributed by atoms with E-state index in [0.29, 0.717) is 11.4 Å². The van der Waals surface area contributed by atoms with Crippen LogP contribution < -0.4 is 5.73 Å². The van der Waals surface area contributed by atoms with Gasteiger partial charge in [0.1, 0.15) is 0 Å². The third kappa shape index (κ3) is 2.81. The minimum Gasteiger partial charge on any atom is -0.322 e. The van der Waals surface area contributed by atoms with Crippen LogP contribution in [0.25, 0.3) is 0 Å². The van der Waals surface area contributed by atoms with Gasteiger partial charge in [-0.2, -0.15) is 0 Å². The molecule has 2 heterocycles. The highest BCUT2D eigenvalue weighted by Crippen LogP contribution is 2.21. The zero-order valence-corrected chi connectivity index (χ0v) is 10.4. The average molecular weight is 248 g/mol. The van der Waals surface area contributed by atoms with Gasteiger partial charge in [0.25, 0.3) is 0 Å². The van der Waals surface area contributed by atoms with E-state index in [9.17, 15) is 0 Å². The Kier molecular flexibility index (Phi) is 3.71. The summed E-state index contributed by atoms with van der Waals surface area (Å²) < 4.78 is 0. The smallest absolute Gasteiger partial charge is 0.0622 e. The van der Waals surface area contributed by atoms with Crippen molar-refractivity contribution >= 4 is 11.6 Å². The highest BCUT2D eigenvalue weighted by Gasteiger charge is 2.12. The predicted molar refractivity (Wildman–Crippen MR) is 68.9 cm³/mol. The molecule has 4 heteroatoms. The molecule has 0 aliphatic heterocycles. The fourth-order valence-corrected chi connectivity index (χ4v) is 1.99. The Morgan fingerprint density at radius 1 is 1.35 bits per heavy atom. The largest absolute Gasteiger partial charge is 0.322 e. The summed E-state index contributed by atoms with van der Waals surface area (Å²) in [6, 6.07) is 5.66. The second kappa shape index (κ2) is 5.25. The molecular formula is C13H14ClN3. The van der Waals surface area contributed by atoms with Gasteiger partial charge in [0.05, 0.1) is 16.8 Å². The number of nitrogens with two attached hydrogens (primary N) is 1. The third-order valence-corrected chi connectivity index (χ3v) is 3.04. The summed E-state index contributed by atoms with van der Waals surface area (Å²) in [5.41, 5.74) is 9.17. The molecule has 0 amide bonds. The molecule has 2 N–H and O–H groups in total. The van der Waals surface area contributed by atoms with Crippen LogP contribution in [-0.2, 0) is 6.42 Å². The Labute approximate surface area is 106 Å². The van der Waals surface area contributed by atoms with Crippen LogP contribution in [0.1, 0.15) is 22.9 Å². The van der Waals surface area contributed by atoms with Gasteiger partial charge in [-0.15, -0.1) is 0 Å². The standard InChI is InChI=1S/C13H14ClN3/c1-9-3-2-5-17-13(9)12(15)7-10-4-6-16-8-11(10)14/h2-6,8,12H,7,15H2,1H3. The van der Waals surface area contributed by atoms with E-state index >= 15 is 0 Å². The van der Waals surface area contributed by atoms with Crippen LogP contribution in [-0.4, -0.2) is 9.97 Å². The highest BCUT2D eigenvalue weighted by atomic mass is 35.5. The molecule has 0 aliphatic rings. The molecule has 1 atom stereocenters. The molecule has 88 valence electrons. The van der Waals surface area contributed by atoms with Crippen LogP contribution in [0.2, 0.25) is 5.02 Å². The number of nitrogens with zero attached hydrogens (tertiary/aromatic N) is 2. The van der Waals surface area contributed by atoms with Crippen molar-refractivity contribution in [1.29, 1.82) is 0 Å². The Bertz CT molecular complexity index is 514. The fraction of sp³-hybridized carbons (Fsp3) is 0.231. The fourth-order valence-electron chi connectivity index (χ4n) is 1.79. The molecule has 2 aromatic rings. The molecule has 0 saturated carbocycles. The second-order valence-electron chi connectivity index (χ2n) is 3.98. The molecule has 0 radical (unpaired) electrons. The molecule has 0 bridgehead atoms. The van der Waals surface area contributed by atoms with Crippen molar-refractivity contribution in [3.63, 3.8) is 0 Å². The minimum absolute atomic E-state index is 0.143. The lowest BCUT2D eigenvalue weighted by molar-refractivity contribution is 0.690. The highest BCUT2D eigenvalue weighted by molar-refractivity contribution is 6.31. The predicted octanol–water partition coefficient (Wildman–Crippen LogP) is 2.68. The lowest BCUT2D eigenvalue weighted by atomic mass is 10.0. The van der Waals surface area contributed by atoms with Crippen LogP contribution in [0.15, 0.2) is 36.8 Å². The van der Waals surface area contributed by atoms with Crippen LogP contribution in [0, 0.1) is 6.92 Å². The Morgan fingerprint density at radius 2 is 2.18 bits per heavy atom. The molecule has 2 rings (SSSR count). The van der Waals surface area contributed by atoms with E-state index in [2.05, 4.69) is 9.97 Å². The van der Waals surface area contributed by atoms with Gasteiger partial charge < -0.3 is 5.73 Å². The molecule has 0 aliphatic carbocycles. The molecule has 0 saturated heterocycles. The summed E-state index contributed by atoms with van der Waals surface area (Å²) in [4.78, 5) is 8.27. The first-order valence-corrected chi connectivity index (χ1v) is 5.81. The van der Waals surface area contributed by atoms with Gasteiger partial charge >= 0.3 is 0 Å². The maximum atomic E-state index is 6.16. The minimum atomic E-state index is -0.143. The number of hydrogen-bond donors (Lipinski definition) is 1. The number of aromatic nitrogens is 2. The van der Waals surface area contributed by atoms with Gasteiger partial charge in [0.2, 0.25) is 0 Å². The number of hydrogen-bond acceptors (Lipinski definition) is 3. The third-order valence-electron chi connectivity index (χ3n) is 2.70. The maximum Gasteiger partial charge on any atom is 0.0622 e. The molecule has 0 spiro atoms. The molecule has 17 heavy (non-hydrogen) atoms. The van der Waals surface area contributed by atoms with Crippen LogP contribution in [0.4, 0.5) is 0 Å². The summed E-state index contributed by atoms with van der Waals surface area (Å²) >= 11 is 6.06. The maximum absolute atomic E-state index is 6.16. The van der Waals surface area contributed by atoms with Crippen molar-refractivity contribution in [2.24, 2.45) is 5.73 Å². The van der Waals surface area contributed by atoms with Gasteiger partial charge in [-0.3, -0.25) is 9.97 Å². The molecule has 0 aromatic carbocycles. The number of rotatable bonds is 3. The average Bonchev–Trinajstić information content (AvgIpc) is 2.32. The first kappa shape index (κ1) is 12.0. The zero-order chi connectivity index (χ0) is 12.3. The number of aryl methyl sites for hydroxylation is 1. The number of pyridine rings is 2. The summed E-state index contributed by atoms with van der Waals surface area (Å²) in [6.07, 6.45) is 5.78. The molecule has 1 unspecified atom stereocenters. The van der Waals surface area contributed by atoms with E-state index in [-0.39, 0.29) is 6.04 Å². The summed E-state index contributed by atoms with van der Waals surface area (Å²) in [7, 11) is 0. The van der Waals surface area contributed by atoms with E-state index in [0.717, 1.165) is 16.8 Å². The van der Waals surface area contributed by atoms with Crippen molar-refractivity contribution in [1.82, 2.24) is 9.97 Å². The van der Waals surface area contributed by atoms with Gasteiger partial charge in [0, 0.05) is 18.6 Å². The van der Waals surface area contributed by atoms with Crippen molar-refractivity contribution in [3.05, 3.63) is 58.6 Å². The summed E-state index contributed by atoms with van der Waals surface area (Å²) in [5, 5.41) is 0.650. The molecule has 0 fully saturated rings. The normalized spacial score (nSPS) is 12.4. The Balaban J connectivity index is 2.20. The first-order chi connectivity index (χ1) is 8.18. The Hall–Kier alpha value is -1.45. The topological polar surface area (TPSA) is 51.8 Å². The van der Waals surface area contributed by atoms with Crippen LogP contribution in [0.3, 0.4) is 0 Å². The van der Waals surface area contributed by atoms with Crippen molar-refractivity contribution in [2.75, 3.05) is 0 Å². The van der Waals surface area contributed by atoms with Gasteiger partial charge in [-0.05, 0) is 36.6 Å². The monoisotopic (exact) mass is 247 g/mol. The molecular weight excluding hydrogens is 234 g/mol. The van der Waals surface area contributed by atoms with E-state index in [4.69, 9.17) is 17.3 Å². The SMILES string of the molecule is Cc1cccnc1C(N)Cc1ccncc1Cl. The van der Waals surface area contributed by atoms with Gasteiger partial charge in [-0.25, -0.2) is 0 Å². The Morgan fingerprint density at radius 3 is 2.88 bits per heavy atom. The van der Waals surface area contributed by atoms with Crippen LogP contribution in [0.5, 0.6) is 0 Å². The van der Waals surface area contributed by atoms with E-state index in [1.165, 1.54) is 0 Å². The summed E-state index contributed by atoms with van der Waals surface area (Å²) in [6.45, 7) is 2.01. The quantitative estimate of drug-likeness (QED) is 0.907. The number of halogens is 1. The molecule has 3 nitrogen and oxygen atoms in total. The first-order valence-electron chi connectivity index (χ1n) is 5.44.